The van der Waals surface area contributed by atoms with E-state index in [2.05, 4.69) is 15.3 Å². The molecule has 7 nitrogen and oxygen atoms in total. The predicted molar refractivity (Wildman–Crippen MR) is 110 cm³/mol. The van der Waals surface area contributed by atoms with Crippen molar-refractivity contribution >= 4 is 40.2 Å². The Bertz CT molecular complexity index is 991. The molecule has 0 fully saturated rings. The molecule has 0 saturated heterocycles. The highest BCUT2D eigenvalue weighted by Gasteiger charge is 2.15. The first-order chi connectivity index (χ1) is 13.6. The summed E-state index contributed by atoms with van der Waals surface area (Å²) in [6, 6.07) is 14.7. The Balaban J connectivity index is 1.54. The number of aromatic nitrogens is 2. The standard InChI is InChI=1S/C20H20N4O3S/c1-24(11-18(25)23-14-6-5-7-15(10-14)27-2)19(26)12-28-20-16-8-3-4-9-17(16)21-13-22-20/h3-10,13H,11-12H2,1-2H3,(H,23,25). The average Bonchev–Trinajstić information content (AvgIpc) is 2.71. The summed E-state index contributed by atoms with van der Waals surface area (Å²) in [5.74, 6) is 0.398. The fourth-order valence-electron chi connectivity index (χ4n) is 2.54. The predicted octanol–water partition coefficient (Wildman–Crippen LogP) is 2.83. The molecule has 0 bridgehead atoms. The first-order valence-corrected chi connectivity index (χ1v) is 9.56. The average molecular weight is 396 g/mol. The largest absolute Gasteiger partial charge is 0.497 e. The Kier molecular flexibility index (Phi) is 6.44. The molecule has 1 heterocycles. The van der Waals surface area contributed by atoms with E-state index in [9.17, 15) is 9.59 Å². The van der Waals surface area contributed by atoms with Crippen LogP contribution in [0.1, 0.15) is 0 Å². The minimum atomic E-state index is -0.276. The van der Waals surface area contributed by atoms with Crippen LogP contribution in [-0.4, -0.2) is 53.1 Å². The first-order valence-electron chi connectivity index (χ1n) is 8.57. The number of hydrogen-bond acceptors (Lipinski definition) is 6. The fourth-order valence-corrected chi connectivity index (χ4v) is 3.47. The van der Waals surface area contributed by atoms with Crippen molar-refractivity contribution in [1.29, 1.82) is 0 Å². The minimum Gasteiger partial charge on any atom is -0.497 e. The van der Waals surface area contributed by atoms with Gasteiger partial charge in [-0.1, -0.05) is 36.0 Å². The summed E-state index contributed by atoms with van der Waals surface area (Å²) >= 11 is 1.33. The number of nitrogens with zero attached hydrogens (tertiary/aromatic N) is 3. The molecule has 0 aliphatic heterocycles. The van der Waals surface area contributed by atoms with Gasteiger partial charge in [0.1, 0.15) is 17.1 Å². The Morgan fingerprint density at radius 2 is 1.96 bits per heavy atom. The third-order valence-corrected chi connectivity index (χ3v) is 4.99. The maximum Gasteiger partial charge on any atom is 0.243 e. The van der Waals surface area contributed by atoms with Gasteiger partial charge in [0.05, 0.1) is 24.9 Å². The summed E-state index contributed by atoms with van der Waals surface area (Å²) in [5, 5.41) is 4.41. The van der Waals surface area contributed by atoms with Crippen LogP contribution in [0, 0.1) is 0 Å². The first kappa shape index (κ1) is 19.6. The van der Waals surface area contributed by atoms with Gasteiger partial charge in [0.15, 0.2) is 0 Å². The van der Waals surface area contributed by atoms with Crippen molar-refractivity contribution in [2.45, 2.75) is 5.03 Å². The molecule has 2 aromatic carbocycles. The number of nitrogens with one attached hydrogen (secondary N) is 1. The number of likely N-dealkylation sites (N-methyl/N-ethyl adjacent to an activating group) is 1. The minimum absolute atomic E-state index is 0.0406. The molecule has 0 radical (unpaired) electrons. The maximum atomic E-state index is 12.4. The number of carbonyl (C=O) groups excluding carboxylic acids is 2. The van der Waals surface area contributed by atoms with Crippen molar-refractivity contribution in [2.24, 2.45) is 0 Å². The van der Waals surface area contributed by atoms with E-state index >= 15 is 0 Å². The zero-order valence-corrected chi connectivity index (χ0v) is 16.4. The van der Waals surface area contributed by atoms with Crippen LogP contribution in [-0.2, 0) is 9.59 Å². The lowest BCUT2D eigenvalue weighted by Gasteiger charge is -2.17. The van der Waals surface area contributed by atoms with Gasteiger partial charge in [0, 0.05) is 24.2 Å². The zero-order valence-electron chi connectivity index (χ0n) is 15.6. The van der Waals surface area contributed by atoms with Gasteiger partial charge in [-0.05, 0) is 18.2 Å². The smallest absolute Gasteiger partial charge is 0.243 e. The molecular formula is C20H20N4O3S. The molecule has 0 atom stereocenters. The van der Waals surface area contributed by atoms with Gasteiger partial charge in [-0.15, -0.1) is 0 Å². The normalized spacial score (nSPS) is 10.5. The molecule has 0 aliphatic rings. The highest BCUT2D eigenvalue weighted by molar-refractivity contribution is 8.00. The number of thioether (sulfide) groups is 1. The van der Waals surface area contributed by atoms with Gasteiger partial charge < -0.3 is 15.0 Å². The lowest BCUT2D eigenvalue weighted by atomic mass is 10.2. The lowest BCUT2D eigenvalue weighted by molar-refractivity contribution is -0.131. The fraction of sp³-hybridized carbons (Fsp3) is 0.200. The third-order valence-electron chi connectivity index (χ3n) is 4.00. The second kappa shape index (κ2) is 9.18. The monoisotopic (exact) mass is 396 g/mol. The van der Waals surface area contributed by atoms with E-state index in [0.29, 0.717) is 11.4 Å². The molecule has 2 amide bonds. The number of anilines is 1. The molecule has 0 aliphatic carbocycles. The van der Waals surface area contributed by atoms with E-state index in [0.717, 1.165) is 15.9 Å². The highest BCUT2D eigenvalue weighted by Crippen LogP contribution is 2.24. The lowest BCUT2D eigenvalue weighted by Crippen LogP contribution is -2.35. The number of fused-ring (bicyclic) bond motifs is 1. The Labute approximate surface area is 167 Å². The van der Waals surface area contributed by atoms with Crippen molar-refractivity contribution in [2.75, 3.05) is 31.8 Å². The van der Waals surface area contributed by atoms with E-state index in [4.69, 9.17) is 4.74 Å². The van der Waals surface area contributed by atoms with Crippen LogP contribution in [0.15, 0.2) is 59.9 Å². The Morgan fingerprint density at radius 3 is 2.79 bits per heavy atom. The van der Waals surface area contributed by atoms with Crippen LogP contribution in [0.5, 0.6) is 5.75 Å². The van der Waals surface area contributed by atoms with Gasteiger partial charge in [0.2, 0.25) is 11.8 Å². The van der Waals surface area contributed by atoms with Crippen molar-refractivity contribution in [3.8, 4) is 5.75 Å². The summed E-state index contributed by atoms with van der Waals surface area (Å²) in [4.78, 5) is 34.5. The topological polar surface area (TPSA) is 84.4 Å². The summed E-state index contributed by atoms with van der Waals surface area (Å²) in [7, 11) is 3.16. The van der Waals surface area contributed by atoms with E-state index < -0.39 is 0 Å². The summed E-state index contributed by atoms with van der Waals surface area (Å²) < 4.78 is 5.13. The molecule has 1 N–H and O–H groups in total. The van der Waals surface area contributed by atoms with Crippen LogP contribution < -0.4 is 10.1 Å². The molecular weight excluding hydrogens is 376 g/mol. The zero-order chi connectivity index (χ0) is 19.9. The van der Waals surface area contributed by atoms with E-state index in [-0.39, 0.29) is 24.1 Å². The number of para-hydroxylation sites is 1. The second-order valence-corrected chi connectivity index (χ2v) is 6.98. The van der Waals surface area contributed by atoms with E-state index in [1.807, 2.05) is 24.3 Å². The van der Waals surface area contributed by atoms with Gasteiger partial charge >= 0.3 is 0 Å². The number of carbonyl (C=O) groups is 2. The van der Waals surface area contributed by atoms with Crippen molar-refractivity contribution in [3.05, 3.63) is 54.9 Å². The molecule has 0 unspecified atom stereocenters. The van der Waals surface area contributed by atoms with Crippen LogP contribution in [0.4, 0.5) is 5.69 Å². The molecule has 3 aromatic rings. The van der Waals surface area contributed by atoms with Crippen LogP contribution in [0.2, 0.25) is 0 Å². The Hall–Kier alpha value is -3.13. The summed E-state index contributed by atoms with van der Waals surface area (Å²) in [5.41, 5.74) is 1.45. The van der Waals surface area contributed by atoms with Crippen molar-refractivity contribution < 1.29 is 14.3 Å². The van der Waals surface area contributed by atoms with E-state index in [1.165, 1.54) is 23.0 Å². The van der Waals surface area contributed by atoms with E-state index in [1.54, 1.807) is 38.4 Å². The highest BCUT2D eigenvalue weighted by atomic mass is 32.2. The Morgan fingerprint density at radius 1 is 1.14 bits per heavy atom. The van der Waals surface area contributed by atoms with Crippen molar-refractivity contribution in [1.82, 2.24) is 14.9 Å². The molecule has 1 aromatic heterocycles. The molecule has 144 valence electrons. The number of amides is 2. The van der Waals surface area contributed by atoms with Gasteiger partial charge in [-0.2, -0.15) is 0 Å². The van der Waals surface area contributed by atoms with Crippen LogP contribution in [0.3, 0.4) is 0 Å². The SMILES string of the molecule is COc1cccc(NC(=O)CN(C)C(=O)CSc2ncnc3ccccc23)c1. The summed E-state index contributed by atoms with van der Waals surface area (Å²) in [6.07, 6.45) is 1.49. The number of methoxy groups -OCH3 is 1. The van der Waals surface area contributed by atoms with Gasteiger partial charge in [-0.3, -0.25) is 9.59 Å². The number of rotatable bonds is 7. The number of hydrogen-bond donors (Lipinski definition) is 1. The molecule has 3 rings (SSSR count). The van der Waals surface area contributed by atoms with Gasteiger partial charge in [-0.25, -0.2) is 9.97 Å². The van der Waals surface area contributed by atoms with Crippen LogP contribution >= 0.6 is 11.8 Å². The molecule has 0 saturated carbocycles. The molecule has 0 spiro atoms. The van der Waals surface area contributed by atoms with Crippen LogP contribution in [0.25, 0.3) is 10.9 Å². The summed E-state index contributed by atoms with van der Waals surface area (Å²) in [6.45, 7) is -0.0406. The van der Waals surface area contributed by atoms with Crippen molar-refractivity contribution in [3.63, 3.8) is 0 Å². The molecule has 28 heavy (non-hydrogen) atoms. The second-order valence-electron chi connectivity index (χ2n) is 6.01. The maximum absolute atomic E-state index is 12.4. The molecule has 8 heteroatoms. The number of benzene rings is 2. The van der Waals surface area contributed by atoms with Gasteiger partial charge in [0.25, 0.3) is 0 Å². The third kappa shape index (κ3) is 4.98. The quantitative estimate of drug-likeness (QED) is 0.488. The number of ether oxygens (including phenoxy) is 1.